The lowest BCUT2D eigenvalue weighted by molar-refractivity contribution is -0.121. The molecule has 0 saturated carbocycles. The van der Waals surface area contributed by atoms with E-state index in [1.807, 2.05) is 69.9 Å². The Morgan fingerprint density at radius 2 is 1.50 bits per heavy atom. The lowest BCUT2D eigenvalue weighted by Crippen LogP contribution is -2.54. The van der Waals surface area contributed by atoms with E-state index in [2.05, 4.69) is 5.32 Å². The molecule has 1 fully saturated rings. The van der Waals surface area contributed by atoms with E-state index in [0.29, 0.717) is 31.1 Å². The first-order chi connectivity index (χ1) is 14.1. The number of amides is 1. The van der Waals surface area contributed by atoms with Crippen LogP contribution in [0.5, 0.6) is 0 Å². The number of rotatable bonds is 5. The number of carbonyl (C=O) groups excluding carboxylic acids is 1. The van der Waals surface area contributed by atoms with E-state index in [1.54, 1.807) is 6.07 Å². The fraction of sp³-hybridized carbons (Fsp3) is 0.435. The fourth-order valence-corrected chi connectivity index (χ4v) is 5.54. The lowest BCUT2D eigenvalue weighted by Gasteiger charge is -2.37. The number of hydrogen-bond donors (Lipinski definition) is 1. The summed E-state index contributed by atoms with van der Waals surface area (Å²) in [4.78, 5) is 15.2. The molecule has 0 spiro atoms. The van der Waals surface area contributed by atoms with Gasteiger partial charge >= 0.3 is 0 Å². The Labute approximate surface area is 179 Å². The number of carbonyl (C=O) groups is 1. The molecule has 1 atom stereocenters. The van der Waals surface area contributed by atoms with Crippen LogP contribution in [0.15, 0.2) is 41.3 Å². The second-order valence-corrected chi connectivity index (χ2v) is 10.1. The predicted molar refractivity (Wildman–Crippen MR) is 120 cm³/mol. The zero-order valence-electron chi connectivity index (χ0n) is 18.4. The highest BCUT2D eigenvalue weighted by Gasteiger charge is 2.32. The van der Waals surface area contributed by atoms with Crippen LogP contribution in [0.1, 0.15) is 29.2 Å². The number of nitrogens with zero attached hydrogens (tertiary/aromatic N) is 2. The summed E-state index contributed by atoms with van der Waals surface area (Å²) in [5.74, 6) is -0.0761. The van der Waals surface area contributed by atoms with Gasteiger partial charge in [-0.3, -0.25) is 9.69 Å². The molecular weight excluding hydrogens is 398 g/mol. The first kappa shape index (κ1) is 22.5. The van der Waals surface area contributed by atoms with E-state index in [9.17, 15) is 13.2 Å². The van der Waals surface area contributed by atoms with Crippen LogP contribution >= 0.6 is 0 Å². The van der Waals surface area contributed by atoms with Gasteiger partial charge in [0.25, 0.3) is 0 Å². The number of anilines is 1. The molecule has 7 heteroatoms. The minimum Gasteiger partial charge on any atom is -0.324 e. The van der Waals surface area contributed by atoms with Crippen molar-refractivity contribution in [3.8, 4) is 0 Å². The molecule has 1 heterocycles. The van der Waals surface area contributed by atoms with Crippen molar-refractivity contribution in [2.75, 3.05) is 31.5 Å². The molecule has 2 aromatic carbocycles. The van der Waals surface area contributed by atoms with E-state index >= 15 is 0 Å². The molecule has 0 bridgehead atoms. The van der Waals surface area contributed by atoms with Crippen molar-refractivity contribution in [3.05, 3.63) is 58.7 Å². The molecule has 0 aliphatic carbocycles. The highest BCUT2D eigenvalue weighted by atomic mass is 32.2. The summed E-state index contributed by atoms with van der Waals surface area (Å²) >= 11 is 0. The average Bonchev–Trinajstić information content (AvgIpc) is 2.71. The second kappa shape index (κ2) is 8.88. The van der Waals surface area contributed by atoms with Gasteiger partial charge in [-0.2, -0.15) is 4.31 Å². The maximum atomic E-state index is 13.1. The highest BCUT2D eigenvalue weighted by Crippen LogP contribution is 2.23. The number of sulfonamides is 1. The first-order valence-corrected chi connectivity index (χ1v) is 11.7. The summed E-state index contributed by atoms with van der Waals surface area (Å²) in [5, 5.41) is 3.00. The maximum absolute atomic E-state index is 13.1. The smallest absolute Gasteiger partial charge is 0.243 e. The van der Waals surface area contributed by atoms with Crippen LogP contribution in [0.2, 0.25) is 0 Å². The molecule has 6 nitrogen and oxygen atoms in total. The van der Waals surface area contributed by atoms with Crippen LogP contribution in [-0.4, -0.2) is 55.8 Å². The topological polar surface area (TPSA) is 69.7 Å². The third-order valence-corrected chi connectivity index (χ3v) is 7.84. The van der Waals surface area contributed by atoms with Gasteiger partial charge in [0.2, 0.25) is 15.9 Å². The van der Waals surface area contributed by atoms with Crippen LogP contribution < -0.4 is 5.32 Å². The van der Waals surface area contributed by atoms with Crippen molar-refractivity contribution in [2.45, 2.75) is 45.6 Å². The number of benzene rings is 2. The summed E-state index contributed by atoms with van der Waals surface area (Å²) in [7, 11) is -3.54. The summed E-state index contributed by atoms with van der Waals surface area (Å²) in [6.07, 6.45) is 0. The Balaban J connectivity index is 1.64. The van der Waals surface area contributed by atoms with E-state index in [1.165, 1.54) is 4.31 Å². The molecule has 1 aliphatic rings. The van der Waals surface area contributed by atoms with Crippen LogP contribution in [-0.2, 0) is 14.8 Å². The van der Waals surface area contributed by atoms with Gasteiger partial charge in [0, 0.05) is 31.9 Å². The Kier molecular flexibility index (Phi) is 6.65. The third-order valence-electron chi connectivity index (χ3n) is 5.80. The predicted octanol–water partition coefficient (Wildman–Crippen LogP) is 3.25. The quantitative estimate of drug-likeness (QED) is 0.792. The molecule has 1 amide bonds. The minimum absolute atomic E-state index is 0.0761. The van der Waals surface area contributed by atoms with Gasteiger partial charge in [0.15, 0.2) is 0 Å². The van der Waals surface area contributed by atoms with Gasteiger partial charge in [-0.05, 0) is 63.4 Å². The first-order valence-electron chi connectivity index (χ1n) is 10.3. The normalized spacial score (nSPS) is 17.0. The molecule has 1 saturated heterocycles. The second-order valence-electron chi connectivity index (χ2n) is 8.19. The summed E-state index contributed by atoms with van der Waals surface area (Å²) in [6.45, 7) is 11.4. The van der Waals surface area contributed by atoms with Gasteiger partial charge in [-0.15, -0.1) is 0 Å². The van der Waals surface area contributed by atoms with Crippen molar-refractivity contribution >= 4 is 21.6 Å². The van der Waals surface area contributed by atoms with Gasteiger partial charge in [-0.1, -0.05) is 29.8 Å². The SMILES string of the molecule is Cc1ccc(NC(=O)[C@H](C)N2CCN(S(=O)(=O)c3cc(C)ccc3C)CC2)c(C)c1. The molecule has 3 rings (SSSR count). The van der Waals surface area contributed by atoms with E-state index in [-0.39, 0.29) is 11.9 Å². The molecule has 1 N–H and O–H groups in total. The number of nitrogens with one attached hydrogen (secondary N) is 1. The van der Waals surface area contributed by atoms with Crippen LogP contribution in [0.4, 0.5) is 5.69 Å². The van der Waals surface area contributed by atoms with Crippen molar-refractivity contribution in [2.24, 2.45) is 0 Å². The summed E-state index contributed by atoms with van der Waals surface area (Å²) < 4.78 is 27.7. The fourth-order valence-electron chi connectivity index (χ4n) is 3.81. The Bertz CT molecular complexity index is 1040. The number of piperazine rings is 1. The molecule has 2 aromatic rings. The molecular formula is C23H31N3O3S. The van der Waals surface area contributed by atoms with Crippen molar-refractivity contribution < 1.29 is 13.2 Å². The van der Waals surface area contributed by atoms with Crippen molar-refractivity contribution in [1.29, 1.82) is 0 Å². The highest BCUT2D eigenvalue weighted by molar-refractivity contribution is 7.89. The molecule has 30 heavy (non-hydrogen) atoms. The summed E-state index contributed by atoms with van der Waals surface area (Å²) in [6, 6.07) is 11.1. The van der Waals surface area contributed by atoms with Crippen molar-refractivity contribution in [1.82, 2.24) is 9.21 Å². The zero-order valence-corrected chi connectivity index (χ0v) is 19.2. The summed E-state index contributed by atoms with van der Waals surface area (Å²) in [5.41, 5.74) is 4.67. The monoisotopic (exact) mass is 429 g/mol. The van der Waals surface area contributed by atoms with Crippen LogP contribution in [0, 0.1) is 27.7 Å². The Morgan fingerprint density at radius 3 is 2.13 bits per heavy atom. The molecule has 0 unspecified atom stereocenters. The number of hydrogen-bond acceptors (Lipinski definition) is 4. The lowest BCUT2D eigenvalue weighted by atomic mass is 10.1. The van der Waals surface area contributed by atoms with Crippen molar-refractivity contribution in [3.63, 3.8) is 0 Å². The molecule has 0 radical (unpaired) electrons. The van der Waals surface area contributed by atoms with Gasteiger partial charge in [-0.25, -0.2) is 8.42 Å². The zero-order chi connectivity index (χ0) is 22.1. The van der Waals surface area contributed by atoms with E-state index in [0.717, 1.165) is 27.9 Å². The van der Waals surface area contributed by atoms with E-state index in [4.69, 9.17) is 0 Å². The van der Waals surface area contributed by atoms with Gasteiger partial charge < -0.3 is 5.32 Å². The molecule has 1 aliphatic heterocycles. The van der Waals surface area contributed by atoms with Gasteiger partial charge in [0.05, 0.1) is 10.9 Å². The third kappa shape index (κ3) is 4.74. The largest absolute Gasteiger partial charge is 0.324 e. The Morgan fingerprint density at radius 1 is 0.900 bits per heavy atom. The number of aryl methyl sites for hydroxylation is 4. The minimum atomic E-state index is -3.54. The standard InChI is InChI=1S/C23H31N3O3S/c1-16-7-9-21(19(4)14-16)24-23(27)20(5)25-10-12-26(13-11-25)30(28,29)22-15-17(2)6-8-18(22)3/h6-9,14-15,20H,10-13H2,1-5H3,(H,24,27)/t20-/m0/s1. The van der Waals surface area contributed by atoms with Gasteiger partial charge in [0.1, 0.15) is 0 Å². The molecule has 162 valence electrons. The van der Waals surface area contributed by atoms with Crippen LogP contribution in [0.25, 0.3) is 0 Å². The average molecular weight is 430 g/mol. The van der Waals surface area contributed by atoms with Crippen LogP contribution in [0.3, 0.4) is 0 Å². The maximum Gasteiger partial charge on any atom is 0.243 e. The van der Waals surface area contributed by atoms with E-state index < -0.39 is 10.0 Å². The Hall–Kier alpha value is -2.22. The molecule has 0 aromatic heterocycles.